The first-order valence-corrected chi connectivity index (χ1v) is 20.4. The molecule has 2 amide bonds. The number of aliphatic hydroxyl groups is 1. The largest absolute Gasteiger partial charge is 0.497 e. The van der Waals surface area contributed by atoms with Gasteiger partial charge in [-0.3, -0.25) is 14.4 Å². The molecule has 1 saturated heterocycles. The second-order valence-electron chi connectivity index (χ2n) is 14.0. The minimum Gasteiger partial charge on any atom is -0.497 e. The van der Waals surface area contributed by atoms with Gasteiger partial charge in [-0.1, -0.05) is 55.5 Å². The number of methoxy groups -OCH3 is 2. The topological polar surface area (TPSA) is 130 Å². The second kappa shape index (κ2) is 14.4. The van der Waals surface area contributed by atoms with Crippen LogP contribution in [0, 0.1) is 5.92 Å². The number of amides is 2. The Morgan fingerprint density at radius 2 is 1.82 bits per heavy atom. The number of fused-ring (bicyclic) bond motifs is 3. The van der Waals surface area contributed by atoms with Crippen LogP contribution in [-0.4, -0.2) is 69.4 Å². The molecular formula is C39H47N3O7Si. The number of para-hydroxylation sites is 1. The molecule has 6 rings (SSSR count). The lowest BCUT2D eigenvalue weighted by Gasteiger charge is -2.37. The number of hydrogen-bond acceptors (Lipinski definition) is 7. The monoisotopic (exact) mass is 697 g/mol. The van der Waals surface area contributed by atoms with Gasteiger partial charge in [-0.2, -0.15) is 0 Å². The summed E-state index contributed by atoms with van der Waals surface area (Å²) in [6.45, 7) is 7.04. The van der Waals surface area contributed by atoms with E-state index in [0.717, 1.165) is 33.5 Å². The highest BCUT2D eigenvalue weighted by Gasteiger charge is 2.66. The van der Waals surface area contributed by atoms with Crippen molar-refractivity contribution in [3.05, 3.63) is 84.1 Å². The van der Waals surface area contributed by atoms with Crippen molar-refractivity contribution in [2.24, 2.45) is 5.92 Å². The number of aliphatic hydroxyl groups excluding tert-OH is 1. The Morgan fingerprint density at radius 3 is 2.54 bits per heavy atom. The van der Waals surface area contributed by atoms with Crippen molar-refractivity contribution in [2.75, 3.05) is 37.6 Å². The molecule has 1 spiro atoms. The SMILES string of the molecule is COC(=O)CCCCN1C(=O)[C@@]2(O[C@@H](CCO)[C@H]([Si](C)(C)c3ccc(OC)cc3)[C@H]2C)c2cc(NC(=O)Cc3c[nH]c4ccccc34)ccc21. The predicted molar refractivity (Wildman–Crippen MR) is 197 cm³/mol. The average Bonchev–Trinajstić information content (AvgIpc) is 3.73. The van der Waals surface area contributed by atoms with Crippen LogP contribution in [0.3, 0.4) is 0 Å². The van der Waals surface area contributed by atoms with E-state index >= 15 is 0 Å². The van der Waals surface area contributed by atoms with E-state index in [9.17, 15) is 19.5 Å². The molecule has 3 N–H and O–H groups in total. The van der Waals surface area contributed by atoms with Gasteiger partial charge in [-0.15, -0.1) is 0 Å². The number of H-pyrrole nitrogens is 1. The smallest absolute Gasteiger partial charge is 0.305 e. The summed E-state index contributed by atoms with van der Waals surface area (Å²) in [7, 11) is 0.675. The van der Waals surface area contributed by atoms with Crippen LogP contribution < -0.4 is 20.1 Å². The Balaban J connectivity index is 1.35. The second-order valence-corrected chi connectivity index (χ2v) is 18.7. The molecule has 3 aromatic carbocycles. The van der Waals surface area contributed by atoms with Gasteiger partial charge in [-0.05, 0) is 66.8 Å². The lowest BCUT2D eigenvalue weighted by molar-refractivity contribution is -0.146. The first kappa shape index (κ1) is 35.4. The van der Waals surface area contributed by atoms with Gasteiger partial charge in [0.1, 0.15) is 5.75 Å². The molecule has 2 aliphatic rings. The number of aromatic amines is 1. The molecule has 2 aliphatic heterocycles. The zero-order valence-corrected chi connectivity index (χ0v) is 30.5. The standard InChI is InChI=1S/C39H47N3O7Si/c1-25-37(50(4,5)29-16-14-28(47-2)15-17-29)34(19-21-43)49-39(25)31-23-27(41-35(44)22-26-24-40-32-11-7-6-10-30(26)32)13-18-33(31)42(38(39)46)20-9-8-12-36(45)48-3/h6-7,10-11,13-18,23-25,34,37,40,43H,8-9,12,19-22H2,1-5H3,(H,41,44)/t25-,34+,37-,39+/m1/s1. The molecule has 0 bridgehead atoms. The van der Waals surface area contributed by atoms with Gasteiger partial charge >= 0.3 is 5.97 Å². The fourth-order valence-corrected chi connectivity index (χ4v) is 12.4. The van der Waals surface area contributed by atoms with Crippen LogP contribution in [0.15, 0.2) is 72.9 Å². The van der Waals surface area contributed by atoms with Crippen molar-refractivity contribution in [3.63, 3.8) is 0 Å². The number of unbranched alkanes of at least 4 members (excludes halogenated alkanes) is 1. The summed E-state index contributed by atoms with van der Waals surface area (Å²) in [6, 6.07) is 21.7. The van der Waals surface area contributed by atoms with E-state index in [1.165, 1.54) is 12.3 Å². The summed E-state index contributed by atoms with van der Waals surface area (Å²) < 4.78 is 17.3. The van der Waals surface area contributed by atoms with Crippen molar-refractivity contribution < 1.29 is 33.7 Å². The summed E-state index contributed by atoms with van der Waals surface area (Å²) in [5.74, 6) is -0.0655. The van der Waals surface area contributed by atoms with E-state index in [1.54, 1.807) is 12.0 Å². The summed E-state index contributed by atoms with van der Waals surface area (Å²) in [4.78, 5) is 45.1. The van der Waals surface area contributed by atoms with Crippen molar-refractivity contribution in [1.29, 1.82) is 0 Å². The third kappa shape index (κ3) is 6.34. The highest BCUT2D eigenvalue weighted by molar-refractivity contribution is 6.91. The fraction of sp³-hybridized carbons (Fsp3) is 0.410. The number of nitrogens with zero attached hydrogens (tertiary/aromatic N) is 1. The van der Waals surface area contributed by atoms with Gasteiger partial charge in [0.25, 0.3) is 5.91 Å². The summed E-state index contributed by atoms with van der Waals surface area (Å²) in [5, 5.41) is 15.5. The molecule has 3 heterocycles. The number of benzene rings is 3. The van der Waals surface area contributed by atoms with E-state index in [1.807, 2.05) is 60.8 Å². The summed E-state index contributed by atoms with van der Waals surface area (Å²) in [6.07, 6.45) is 3.53. The molecule has 4 atom stereocenters. The molecule has 1 fully saturated rings. The van der Waals surface area contributed by atoms with Crippen LogP contribution in [0.2, 0.25) is 18.6 Å². The zero-order chi connectivity index (χ0) is 35.6. The Labute approximate surface area is 294 Å². The minimum atomic E-state index is -2.35. The molecule has 0 radical (unpaired) electrons. The van der Waals surface area contributed by atoms with Crippen LogP contribution >= 0.6 is 0 Å². The number of carbonyl (C=O) groups excluding carboxylic acids is 3. The quantitative estimate of drug-likeness (QED) is 0.0936. The van der Waals surface area contributed by atoms with E-state index in [0.29, 0.717) is 31.5 Å². The van der Waals surface area contributed by atoms with Crippen molar-refractivity contribution in [3.8, 4) is 5.75 Å². The van der Waals surface area contributed by atoms with E-state index in [-0.39, 0.29) is 54.8 Å². The van der Waals surface area contributed by atoms with Crippen molar-refractivity contribution >= 4 is 53.3 Å². The van der Waals surface area contributed by atoms with Crippen LogP contribution in [0.25, 0.3) is 10.9 Å². The van der Waals surface area contributed by atoms with Crippen molar-refractivity contribution in [1.82, 2.24) is 4.98 Å². The van der Waals surface area contributed by atoms with Crippen LogP contribution in [0.5, 0.6) is 5.75 Å². The Morgan fingerprint density at radius 1 is 1.06 bits per heavy atom. The maximum Gasteiger partial charge on any atom is 0.305 e. The van der Waals surface area contributed by atoms with Gasteiger partial charge in [0.05, 0.1) is 40.5 Å². The number of aromatic nitrogens is 1. The molecule has 1 aromatic heterocycles. The summed E-state index contributed by atoms with van der Waals surface area (Å²) >= 11 is 0. The number of anilines is 2. The van der Waals surface area contributed by atoms with Crippen LogP contribution in [-0.2, 0) is 35.9 Å². The molecule has 0 unspecified atom stereocenters. The highest BCUT2D eigenvalue weighted by atomic mass is 28.3. The van der Waals surface area contributed by atoms with Gasteiger partial charge in [0.15, 0.2) is 5.60 Å². The molecule has 0 aliphatic carbocycles. The first-order chi connectivity index (χ1) is 24.0. The number of nitrogens with one attached hydrogen (secondary N) is 2. The number of ether oxygens (including phenoxy) is 3. The van der Waals surface area contributed by atoms with Gasteiger partial charge in [-0.25, -0.2) is 0 Å². The van der Waals surface area contributed by atoms with E-state index < -0.39 is 13.7 Å². The molecular weight excluding hydrogens is 651 g/mol. The Bertz CT molecular complexity index is 1870. The van der Waals surface area contributed by atoms with Crippen LogP contribution in [0.1, 0.15) is 43.7 Å². The molecule has 0 saturated carbocycles. The number of hydrogen-bond donors (Lipinski definition) is 3. The van der Waals surface area contributed by atoms with Crippen LogP contribution in [0.4, 0.5) is 11.4 Å². The predicted octanol–water partition coefficient (Wildman–Crippen LogP) is 5.65. The molecule has 264 valence electrons. The Kier molecular flexibility index (Phi) is 10.2. The lowest BCUT2D eigenvalue weighted by Crippen LogP contribution is -2.52. The first-order valence-electron chi connectivity index (χ1n) is 17.4. The van der Waals surface area contributed by atoms with Crippen molar-refractivity contribution in [2.45, 2.75) is 69.4 Å². The molecule has 10 nitrogen and oxygen atoms in total. The maximum atomic E-state index is 14.8. The van der Waals surface area contributed by atoms with Gasteiger partial charge in [0.2, 0.25) is 5.91 Å². The number of rotatable bonds is 13. The van der Waals surface area contributed by atoms with E-state index in [4.69, 9.17) is 14.2 Å². The third-order valence-corrected chi connectivity index (χ3v) is 15.2. The average molecular weight is 698 g/mol. The fourth-order valence-electron chi connectivity index (χ4n) is 8.31. The lowest BCUT2D eigenvalue weighted by atomic mass is 9.82. The minimum absolute atomic E-state index is 0.0146. The third-order valence-electron chi connectivity index (χ3n) is 10.8. The molecule has 50 heavy (non-hydrogen) atoms. The normalized spacial score (nSPS) is 21.5. The van der Waals surface area contributed by atoms with Gasteiger partial charge in [0, 0.05) is 53.8 Å². The number of carbonyl (C=O) groups is 3. The molecule has 4 aromatic rings. The number of esters is 1. The van der Waals surface area contributed by atoms with E-state index in [2.05, 4.69) is 42.5 Å². The highest BCUT2D eigenvalue weighted by Crippen LogP contribution is 2.60. The summed E-state index contributed by atoms with van der Waals surface area (Å²) in [5.41, 5.74) is 2.59. The Hall–Kier alpha value is -4.45. The van der Waals surface area contributed by atoms with Gasteiger partial charge < -0.3 is 34.5 Å². The molecule has 11 heteroatoms. The maximum absolute atomic E-state index is 14.8. The zero-order valence-electron chi connectivity index (χ0n) is 29.5.